The number of carboxylic acids is 3. The van der Waals surface area contributed by atoms with Gasteiger partial charge in [0.2, 0.25) is 65.0 Å². The summed E-state index contributed by atoms with van der Waals surface area (Å²) in [5, 5.41) is 49.6. The quantitative estimate of drug-likeness (QED) is 0.0258. The van der Waals surface area contributed by atoms with Crippen LogP contribution in [-0.2, 0) is 67.1 Å². The highest BCUT2D eigenvalue weighted by atomic mass is 32.2. The Kier molecular flexibility index (Phi) is 32.8. The van der Waals surface area contributed by atoms with Crippen LogP contribution in [0.4, 0.5) is 0 Å². The average Bonchev–Trinajstić information content (AvgIpc) is 3.34. The summed E-state index contributed by atoms with van der Waals surface area (Å²) in [5.74, 6) is -17.9. The number of rotatable bonds is 38. The van der Waals surface area contributed by atoms with Crippen LogP contribution >= 0.6 is 37.0 Å². The third-order valence-electron chi connectivity index (χ3n) is 11.5. The monoisotopic (exact) mass is 1150 g/mol. The fraction of sp³-hybridized carbons (Fsp3) is 0.689. The number of nitrogens with one attached hydrogen (secondary N) is 9. The number of carbonyl (C=O) groups is 14. The number of aliphatic carboxylic acids is 3. The van der Waals surface area contributed by atoms with E-state index >= 15 is 0 Å². The Balaban J connectivity index is 6.59. The molecule has 11 atom stereocenters. The van der Waals surface area contributed by atoms with Crippen molar-refractivity contribution >= 4 is 120 Å². The van der Waals surface area contributed by atoms with Gasteiger partial charge in [0, 0.05) is 24.3 Å². The summed E-state index contributed by atoms with van der Waals surface area (Å²) in [6, 6.07) is -15.4. The number of thiol groups is 2. The maximum absolute atomic E-state index is 14.0. The van der Waals surface area contributed by atoms with Crippen molar-refractivity contribution in [3.05, 3.63) is 0 Å². The Morgan fingerprint density at radius 2 is 0.792 bits per heavy atom. The molecule has 0 spiro atoms. The molecule has 0 aromatic rings. The molecule has 0 aromatic carbocycles. The van der Waals surface area contributed by atoms with Crippen molar-refractivity contribution in [3.8, 4) is 0 Å². The van der Waals surface area contributed by atoms with Crippen LogP contribution in [0.5, 0.6) is 0 Å². The Labute approximate surface area is 460 Å². The van der Waals surface area contributed by atoms with Crippen molar-refractivity contribution in [2.24, 2.45) is 35.0 Å². The number of thioether (sulfide) groups is 1. The summed E-state index contributed by atoms with van der Waals surface area (Å²) in [4.78, 5) is 180. The molecular formula is C45H76N12O17S3. The van der Waals surface area contributed by atoms with Gasteiger partial charge in [-0.3, -0.25) is 62.3 Å². The molecule has 0 unspecified atom stereocenters. The van der Waals surface area contributed by atoms with Gasteiger partial charge in [0.15, 0.2) is 0 Å². The van der Waals surface area contributed by atoms with Gasteiger partial charge in [-0.1, -0.05) is 48.0 Å². The van der Waals surface area contributed by atoms with Gasteiger partial charge in [0.05, 0.1) is 18.9 Å². The zero-order chi connectivity index (χ0) is 59.4. The fourth-order valence-corrected chi connectivity index (χ4v) is 7.78. The lowest BCUT2D eigenvalue weighted by Crippen LogP contribution is -2.62. The van der Waals surface area contributed by atoms with Gasteiger partial charge in [-0.25, -0.2) is 4.79 Å². The second kappa shape index (κ2) is 35.8. The normalized spacial score (nSPS) is 15.4. The van der Waals surface area contributed by atoms with E-state index in [0.29, 0.717) is 5.75 Å². The van der Waals surface area contributed by atoms with E-state index in [0.717, 1.165) is 0 Å². The van der Waals surface area contributed by atoms with E-state index in [1.807, 2.05) is 0 Å². The van der Waals surface area contributed by atoms with Gasteiger partial charge in [0.25, 0.3) is 0 Å². The molecule has 0 heterocycles. The molecule has 77 heavy (non-hydrogen) atoms. The summed E-state index contributed by atoms with van der Waals surface area (Å²) < 4.78 is 0. The third kappa shape index (κ3) is 26.5. The molecule has 32 heteroatoms. The molecule has 0 aliphatic carbocycles. The van der Waals surface area contributed by atoms with E-state index < -0.39 is 205 Å². The maximum atomic E-state index is 14.0. The molecule has 0 fully saturated rings. The van der Waals surface area contributed by atoms with Gasteiger partial charge >= 0.3 is 17.9 Å². The number of primary amides is 2. The van der Waals surface area contributed by atoms with Gasteiger partial charge < -0.3 is 80.4 Å². The Morgan fingerprint density at radius 3 is 1.19 bits per heavy atom. The van der Waals surface area contributed by atoms with Crippen molar-refractivity contribution in [1.82, 2.24) is 47.9 Å². The van der Waals surface area contributed by atoms with Crippen LogP contribution in [0.2, 0.25) is 0 Å². The average molecular weight is 1150 g/mol. The number of carbonyl (C=O) groups excluding carboxylic acids is 11. The molecule has 0 aliphatic rings. The van der Waals surface area contributed by atoms with E-state index in [1.165, 1.54) is 25.6 Å². The summed E-state index contributed by atoms with van der Waals surface area (Å²) in [7, 11) is 0. The molecule has 436 valence electrons. The van der Waals surface area contributed by atoms with E-state index in [1.54, 1.807) is 34.0 Å². The van der Waals surface area contributed by atoms with Crippen LogP contribution in [0, 0.1) is 17.8 Å². The Bertz CT molecular complexity index is 2120. The van der Waals surface area contributed by atoms with Gasteiger partial charge in [0.1, 0.15) is 54.4 Å². The minimum Gasteiger partial charge on any atom is -0.481 e. The first-order chi connectivity index (χ1) is 35.8. The first-order valence-corrected chi connectivity index (χ1v) is 26.9. The van der Waals surface area contributed by atoms with Crippen molar-refractivity contribution in [2.45, 2.75) is 153 Å². The predicted octanol–water partition coefficient (Wildman–Crippen LogP) is -4.79. The van der Waals surface area contributed by atoms with Crippen LogP contribution < -0.4 is 65.1 Å². The second-order valence-electron chi connectivity index (χ2n) is 18.5. The van der Waals surface area contributed by atoms with E-state index in [4.69, 9.17) is 22.3 Å². The molecule has 0 saturated heterocycles. The van der Waals surface area contributed by atoms with Crippen LogP contribution in [-0.4, -0.2) is 182 Å². The molecule has 0 aromatic heterocycles. The van der Waals surface area contributed by atoms with Gasteiger partial charge in [-0.15, -0.1) is 0 Å². The van der Waals surface area contributed by atoms with Crippen molar-refractivity contribution in [3.63, 3.8) is 0 Å². The second-order valence-corrected chi connectivity index (χ2v) is 20.2. The van der Waals surface area contributed by atoms with E-state index in [-0.39, 0.29) is 19.3 Å². The van der Waals surface area contributed by atoms with Crippen molar-refractivity contribution in [2.75, 3.05) is 23.5 Å². The van der Waals surface area contributed by atoms with E-state index in [2.05, 4.69) is 73.1 Å². The zero-order valence-corrected chi connectivity index (χ0v) is 46.5. The molecule has 0 bridgehead atoms. The highest BCUT2D eigenvalue weighted by molar-refractivity contribution is 7.98. The fourth-order valence-electron chi connectivity index (χ4n) is 6.80. The summed E-state index contributed by atoms with van der Waals surface area (Å²) in [6.45, 7) is 9.39. The first kappa shape index (κ1) is 70.6. The SMILES string of the molecule is CC[C@H](C)[C@H](NC(=O)[C@H](CS)NC(=O)[C@H](CC(=O)O)NC(=O)[C@H](CCC(N)=O)NC(=O)[C@H](CS)NC(=O)[C@@H](NC(=O)[C@@H](N)CC(=O)O)C(C)C)C(=O)N[C@@H](CCC(N)=O)C(=O)N[C@@H](CCSC)C(=O)N[C@H](C(=O)O)C(C)C. The highest BCUT2D eigenvalue weighted by Gasteiger charge is 2.37. The highest BCUT2D eigenvalue weighted by Crippen LogP contribution is 2.13. The molecule has 11 amide bonds. The lowest BCUT2D eigenvalue weighted by Gasteiger charge is -2.29. The Morgan fingerprint density at radius 1 is 0.455 bits per heavy atom. The summed E-state index contributed by atoms with van der Waals surface area (Å²) in [5.41, 5.74) is 16.3. The first-order valence-electron chi connectivity index (χ1n) is 24.3. The number of carboxylic acid groups (broad SMARTS) is 3. The minimum atomic E-state index is -1.99. The predicted molar refractivity (Wildman–Crippen MR) is 284 cm³/mol. The number of hydrogen-bond acceptors (Lipinski definition) is 18. The molecule has 0 rings (SSSR count). The molecule has 0 radical (unpaired) electrons. The maximum Gasteiger partial charge on any atom is 0.326 e. The molecule has 0 aliphatic heterocycles. The molecular weight excluding hydrogens is 1080 g/mol. The van der Waals surface area contributed by atoms with E-state index in [9.17, 15) is 77.3 Å². The van der Waals surface area contributed by atoms with Crippen LogP contribution in [0.25, 0.3) is 0 Å². The van der Waals surface area contributed by atoms with Crippen molar-refractivity contribution < 1.29 is 82.4 Å². The Hall–Kier alpha value is -6.41. The van der Waals surface area contributed by atoms with Gasteiger partial charge in [-0.05, 0) is 49.0 Å². The third-order valence-corrected chi connectivity index (χ3v) is 12.9. The number of hydrogen-bond donors (Lipinski definition) is 17. The molecule has 18 N–H and O–H groups in total. The lowest BCUT2D eigenvalue weighted by atomic mass is 9.97. The minimum absolute atomic E-state index is 0.0323. The smallest absolute Gasteiger partial charge is 0.326 e. The van der Waals surface area contributed by atoms with Crippen LogP contribution in [0.1, 0.15) is 92.9 Å². The zero-order valence-electron chi connectivity index (χ0n) is 43.9. The van der Waals surface area contributed by atoms with Crippen molar-refractivity contribution in [1.29, 1.82) is 0 Å². The summed E-state index contributed by atoms with van der Waals surface area (Å²) >= 11 is 9.56. The number of nitrogens with two attached hydrogens (primary N) is 3. The standard InChI is InChI=1S/C45H76N12O17S3/c1-8-21(6)35(44(72)51-24(10-12-30(48)59)37(65)50-25(13-14-77-7)39(67)56-34(20(4)5)45(73)74)57-42(70)28(18-76)53-40(68)26(16-32(62)63)52-38(66)23(9-11-29(47)58)49-41(69)27(17-75)54-43(71)33(19(2)3)55-36(64)22(46)15-31(60)61/h19-28,33-35,75-76H,8-18,46H2,1-7H3,(H2,47,58)(H2,48,59)(H,49,69)(H,50,65)(H,51,72)(H,52,66)(H,53,68)(H,54,71)(H,55,64)(H,56,67)(H,57,70)(H,60,61)(H,62,63)(H,73,74)/t21-,22-,23-,24-,25-,26-,27-,28-,33-,34-,35-/m0/s1. The van der Waals surface area contributed by atoms with Crippen LogP contribution in [0.15, 0.2) is 0 Å². The summed E-state index contributed by atoms with van der Waals surface area (Å²) in [6.07, 6.45) is -1.77. The van der Waals surface area contributed by atoms with Crippen LogP contribution in [0.3, 0.4) is 0 Å². The number of amides is 11. The molecule has 29 nitrogen and oxygen atoms in total. The topological polar surface area (TPSA) is 486 Å². The van der Waals surface area contributed by atoms with Gasteiger partial charge in [-0.2, -0.15) is 37.0 Å². The lowest BCUT2D eigenvalue weighted by molar-refractivity contribution is -0.143. The molecule has 0 saturated carbocycles. The largest absolute Gasteiger partial charge is 0.481 e.